The zero-order valence-electron chi connectivity index (χ0n) is 11.8. The second-order valence-electron chi connectivity index (χ2n) is 4.56. The highest BCUT2D eigenvalue weighted by molar-refractivity contribution is 5.98. The fraction of sp³-hybridized carbons (Fsp3) is 0.188. The van der Waals surface area contributed by atoms with Gasteiger partial charge >= 0.3 is 0 Å². The van der Waals surface area contributed by atoms with Gasteiger partial charge in [-0.2, -0.15) is 0 Å². The van der Waals surface area contributed by atoms with E-state index in [1.807, 2.05) is 31.2 Å². The number of hydrogen-bond donors (Lipinski definition) is 0. The third-order valence-corrected chi connectivity index (χ3v) is 3.13. The van der Waals surface area contributed by atoms with E-state index in [-0.39, 0.29) is 17.0 Å². The number of carbonyl (C=O) groups is 1. The minimum absolute atomic E-state index is 0.0477. The highest BCUT2D eigenvalue weighted by Gasteiger charge is 2.18. The number of nitro benzene ring substituents is 1. The molecule has 0 aromatic heterocycles. The van der Waals surface area contributed by atoms with Crippen LogP contribution in [-0.2, 0) is 6.42 Å². The van der Waals surface area contributed by atoms with Gasteiger partial charge < -0.3 is 4.74 Å². The van der Waals surface area contributed by atoms with Crippen molar-refractivity contribution in [3.63, 3.8) is 0 Å². The maximum atomic E-state index is 11.5. The van der Waals surface area contributed by atoms with Gasteiger partial charge in [0.15, 0.2) is 5.78 Å². The Morgan fingerprint density at radius 2 is 1.95 bits per heavy atom. The molecular formula is C16H15NO4. The lowest BCUT2D eigenvalue weighted by molar-refractivity contribution is -0.385. The number of nitro groups is 1. The zero-order chi connectivity index (χ0) is 15.4. The largest absolute Gasteiger partial charge is 0.457 e. The molecule has 0 aliphatic heterocycles. The summed E-state index contributed by atoms with van der Waals surface area (Å²) in [4.78, 5) is 21.9. The molecule has 0 spiro atoms. The van der Waals surface area contributed by atoms with Crippen LogP contribution in [0.5, 0.6) is 11.5 Å². The molecule has 2 aromatic carbocycles. The molecule has 5 heteroatoms. The highest BCUT2D eigenvalue weighted by atomic mass is 16.6. The van der Waals surface area contributed by atoms with Gasteiger partial charge in [0.25, 0.3) is 5.69 Å². The Morgan fingerprint density at radius 1 is 1.24 bits per heavy atom. The molecule has 0 fully saturated rings. The molecule has 21 heavy (non-hydrogen) atoms. The standard InChI is InChI=1S/C16H15NO4/c1-3-12-6-4-5-7-16(12)21-13-8-9-15(17(19)20)14(10-13)11(2)18/h4-10H,3H2,1-2H3. The van der Waals surface area contributed by atoms with E-state index in [0.29, 0.717) is 11.5 Å². The van der Waals surface area contributed by atoms with Crippen molar-refractivity contribution in [3.8, 4) is 11.5 Å². The van der Waals surface area contributed by atoms with Crippen molar-refractivity contribution >= 4 is 11.5 Å². The predicted molar refractivity (Wildman–Crippen MR) is 79.0 cm³/mol. The molecule has 0 bridgehead atoms. The molecule has 0 radical (unpaired) electrons. The van der Waals surface area contributed by atoms with E-state index in [0.717, 1.165) is 12.0 Å². The van der Waals surface area contributed by atoms with E-state index in [1.165, 1.54) is 25.1 Å². The molecule has 0 aliphatic rings. The van der Waals surface area contributed by atoms with Crippen molar-refractivity contribution in [2.24, 2.45) is 0 Å². The number of ketones is 1. The molecule has 2 aromatic rings. The molecule has 5 nitrogen and oxygen atoms in total. The van der Waals surface area contributed by atoms with Gasteiger partial charge in [0, 0.05) is 6.07 Å². The first-order chi connectivity index (χ1) is 10.0. The number of aryl methyl sites for hydroxylation is 1. The zero-order valence-corrected chi connectivity index (χ0v) is 11.8. The second kappa shape index (κ2) is 6.17. The van der Waals surface area contributed by atoms with Crippen molar-refractivity contribution in [2.75, 3.05) is 0 Å². The van der Waals surface area contributed by atoms with Gasteiger partial charge in [-0.25, -0.2) is 0 Å². The number of Topliss-reactive ketones (excluding diaryl/α,β-unsaturated/α-hetero) is 1. The summed E-state index contributed by atoms with van der Waals surface area (Å²) in [7, 11) is 0. The van der Waals surface area contributed by atoms with Gasteiger partial charge in [0.1, 0.15) is 11.5 Å². The summed E-state index contributed by atoms with van der Waals surface area (Å²) < 4.78 is 5.75. The molecule has 0 heterocycles. The Morgan fingerprint density at radius 3 is 2.57 bits per heavy atom. The summed E-state index contributed by atoms with van der Waals surface area (Å²) in [5, 5.41) is 10.9. The Labute approximate surface area is 122 Å². The van der Waals surface area contributed by atoms with Crippen LogP contribution in [0, 0.1) is 10.1 Å². The number of benzene rings is 2. The Balaban J connectivity index is 2.39. The highest BCUT2D eigenvalue weighted by Crippen LogP contribution is 2.30. The minimum Gasteiger partial charge on any atom is -0.457 e. The quantitative estimate of drug-likeness (QED) is 0.470. The summed E-state index contributed by atoms with van der Waals surface area (Å²) in [6.07, 6.45) is 0.808. The van der Waals surface area contributed by atoms with E-state index in [2.05, 4.69) is 0 Å². The van der Waals surface area contributed by atoms with E-state index in [1.54, 1.807) is 0 Å². The third-order valence-electron chi connectivity index (χ3n) is 3.13. The molecule has 108 valence electrons. The number of nitrogens with zero attached hydrogens (tertiary/aromatic N) is 1. The summed E-state index contributed by atoms with van der Waals surface area (Å²) in [6.45, 7) is 3.31. The van der Waals surface area contributed by atoms with Crippen molar-refractivity contribution in [1.82, 2.24) is 0 Å². The van der Waals surface area contributed by atoms with Gasteiger partial charge in [0.2, 0.25) is 0 Å². The normalized spacial score (nSPS) is 10.2. The molecule has 0 saturated carbocycles. The minimum atomic E-state index is -0.569. The lowest BCUT2D eigenvalue weighted by Gasteiger charge is -2.10. The predicted octanol–water partition coefficient (Wildman–Crippen LogP) is 4.15. The van der Waals surface area contributed by atoms with Crippen LogP contribution in [0.25, 0.3) is 0 Å². The monoisotopic (exact) mass is 285 g/mol. The molecule has 0 amide bonds. The van der Waals surface area contributed by atoms with Gasteiger partial charge in [-0.05, 0) is 37.1 Å². The average Bonchev–Trinajstić information content (AvgIpc) is 2.47. The number of ether oxygens (including phenoxy) is 1. The number of carbonyl (C=O) groups excluding carboxylic acids is 1. The van der Waals surface area contributed by atoms with Crippen LogP contribution in [0.4, 0.5) is 5.69 Å². The van der Waals surface area contributed by atoms with Crippen molar-refractivity contribution in [3.05, 3.63) is 63.7 Å². The van der Waals surface area contributed by atoms with Crippen LogP contribution in [0.3, 0.4) is 0 Å². The van der Waals surface area contributed by atoms with Gasteiger partial charge in [-0.3, -0.25) is 14.9 Å². The third kappa shape index (κ3) is 3.25. The average molecular weight is 285 g/mol. The van der Waals surface area contributed by atoms with Crippen molar-refractivity contribution in [2.45, 2.75) is 20.3 Å². The second-order valence-corrected chi connectivity index (χ2v) is 4.56. The molecule has 0 N–H and O–H groups in total. The van der Waals surface area contributed by atoms with E-state index in [9.17, 15) is 14.9 Å². The summed E-state index contributed by atoms with van der Waals surface area (Å²) in [5.41, 5.74) is 0.866. The molecule has 0 atom stereocenters. The number of hydrogen-bond acceptors (Lipinski definition) is 4. The molecule has 0 aliphatic carbocycles. The topological polar surface area (TPSA) is 69.4 Å². The first-order valence-electron chi connectivity index (χ1n) is 6.58. The lowest BCUT2D eigenvalue weighted by atomic mass is 10.1. The Bertz CT molecular complexity index is 694. The summed E-state index contributed by atoms with van der Waals surface area (Å²) >= 11 is 0. The van der Waals surface area contributed by atoms with Crippen LogP contribution in [0.15, 0.2) is 42.5 Å². The SMILES string of the molecule is CCc1ccccc1Oc1ccc([N+](=O)[O-])c(C(C)=O)c1. The Kier molecular flexibility index (Phi) is 4.33. The molecular weight excluding hydrogens is 270 g/mol. The molecule has 2 rings (SSSR count). The van der Waals surface area contributed by atoms with E-state index in [4.69, 9.17) is 4.74 Å². The van der Waals surface area contributed by atoms with Gasteiger partial charge in [-0.1, -0.05) is 25.1 Å². The number of para-hydroxylation sites is 1. The van der Waals surface area contributed by atoms with Crippen LogP contribution >= 0.6 is 0 Å². The fourth-order valence-corrected chi connectivity index (χ4v) is 2.04. The smallest absolute Gasteiger partial charge is 0.280 e. The van der Waals surface area contributed by atoms with Crippen LogP contribution in [-0.4, -0.2) is 10.7 Å². The maximum absolute atomic E-state index is 11.5. The van der Waals surface area contributed by atoms with Crippen molar-refractivity contribution in [1.29, 1.82) is 0 Å². The first kappa shape index (κ1) is 14.7. The van der Waals surface area contributed by atoms with Gasteiger partial charge in [-0.15, -0.1) is 0 Å². The molecule has 0 saturated heterocycles. The maximum Gasteiger partial charge on any atom is 0.280 e. The first-order valence-corrected chi connectivity index (χ1v) is 6.58. The van der Waals surface area contributed by atoms with Gasteiger partial charge in [0.05, 0.1) is 10.5 Å². The van der Waals surface area contributed by atoms with Crippen LogP contribution in [0.2, 0.25) is 0 Å². The van der Waals surface area contributed by atoms with Crippen molar-refractivity contribution < 1.29 is 14.5 Å². The summed E-state index contributed by atoms with van der Waals surface area (Å²) in [5.74, 6) is 0.728. The Hall–Kier alpha value is -2.69. The fourth-order valence-electron chi connectivity index (χ4n) is 2.04. The summed E-state index contributed by atoms with van der Waals surface area (Å²) in [6, 6.07) is 11.7. The van der Waals surface area contributed by atoms with E-state index < -0.39 is 4.92 Å². The van der Waals surface area contributed by atoms with Crippen LogP contribution < -0.4 is 4.74 Å². The van der Waals surface area contributed by atoms with E-state index >= 15 is 0 Å². The van der Waals surface area contributed by atoms with Crippen LogP contribution in [0.1, 0.15) is 29.8 Å². The molecule has 0 unspecified atom stereocenters. The number of rotatable bonds is 5. The lowest BCUT2D eigenvalue weighted by Crippen LogP contribution is -2.01.